The molecule has 1 aliphatic heterocycles. The molecule has 0 unspecified atom stereocenters. The summed E-state index contributed by atoms with van der Waals surface area (Å²) in [4.78, 5) is 28.5. The molecule has 3 aromatic rings. The number of carbonyl (C=O) groups excluding carboxylic acids is 2. The Kier molecular flexibility index (Phi) is 6.48. The fourth-order valence-corrected chi connectivity index (χ4v) is 4.37. The number of hydrogen-bond acceptors (Lipinski definition) is 3. The molecule has 0 fully saturated rings. The molecular weight excluding hydrogens is 411 g/mol. The van der Waals surface area contributed by atoms with Crippen molar-refractivity contribution in [2.24, 2.45) is 0 Å². The smallest absolute Gasteiger partial charge is 0.265 e. The summed E-state index contributed by atoms with van der Waals surface area (Å²) in [7, 11) is 0. The van der Waals surface area contributed by atoms with E-state index in [9.17, 15) is 14.0 Å². The van der Waals surface area contributed by atoms with Gasteiger partial charge < -0.3 is 10.2 Å². The van der Waals surface area contributed by atoms with Gasteiger partial charge in [-0.2, -0.15) is 0 Å². The second-order valence-electron chi connectivity index (χ2n) is 7.12. The van der Waals surface area contributed by atoms with Crippen molar-refractivity contribution < 1.29 is 14.0 Å². The van der Waals surface area contributed by atoms with Gasteiger partial charge in [0.2, 0.25) is 5.91 Å². The molecule has 0 aromatic heterocycles. The van der Waals surface area contributed by atoms with E-state index in [0.29, 0.717) is 18.0 Å². The molecule has 4 nitrogen and oxygen atoms in total. The Bertz CT molecular complexity index is 1110. The number of rotatable bonds is 6. The SMILES string of the molecule is O=C(/C=C1\Sc2ccccc2N(Cc2ccc(F)cc2)C1=O)NCCc1ccccc1. The predicted octanol–water partition coefficient (Wildman–Crippen LogP) is 4.71. The van der Waals surface area contributed by atoms with Crippen LogP contribution in [0.15, 0.2) is 94.7 Å². The van der Waals surface area contributed by atoms with Gasteiger partial charge in [0.1, 0.15) is 5.82 Å². The van der Waals surface area contributed by atoms with Crippen LogP contribution in [0.2, 0.25) is 0 Å². The zero-order valence-corrected chi connectivity index (χ0v) is 17.6. The largest absolute Gasteiger partial charge is 0.352 e. The molecule has 0 saturated heterocycles. The second-order valence-corrected chi connectivity index (χ2v) is 8.21. The number of nitrogens with one attached hydrogen (secondary N) is 1. The lowest BCUT2D eigenvalue weighted by Crippen LogP contribution is -2.34. The summed E-state index contributed by atoms with van der Waals surface area (Å²) in [5.74, 6) is -0.864. The summed E-state index contributed by atoms with van der Waals surface area (Å²) in [6.45, 7) is 0.783. The van der Waals surface area contributed by atoms with Crippen LogP contribution in [-0.2, 0) is 22.6 Å². The number of amides is 2. The molecule has 6 heteroatoms. The van der Waals surface area contributed by atoms with Gasteiger partial charge in [-0.05, 0) is 41.8 Å². The lowest BCUT2D eigenvalue weighted by Gasteiger charge is -2.30. The molecule has 4 rings (SSSR count). The van der Waals surface area contributed by atoms with Crippen LogP contribution < -0.4 is 10.2 Å². The average molecular weight is 433 g/mol. The van der Waals surface area contributed by atoms with Gasteiger partial charge in [-0.3, -0.25) is 9.59 Å². The lowest BCUT2D eigenvalue weighted by molar-refractivity contribution is -0.118. The van der Waals surface area contributed by atoms with E-state index < -0.39 is 0 Å². The molecule has 156 valence electrons. The van der Waals surface area contributed by atoms with Crippen LogP contribution in [0.4, 0.5) is 10.1 Å². The van der Waals surface area contributed by atoms with Crippen molar-refractivity contribution in [1.82, 2.24) is 5.32 Å². The molecule has 0 spiro atoms. The molecule has 0 atom stereocenters. The van der Waals surface area contributed by atoms with Crippen molar-refractivity contribution in [2.75, 3.05) is 11.4 Å². The fraction of sp³-hybridized carbons (Fsp3) is 0.120. The number of fused-ring (bicyclic) bond motifs is 1. The third kappa shape index (κ3) is 5.22. The van der Waals surface area contributed by atoms with E-state index in [4.69, 9.17) is 0 Å². The summed E-state index contributed by atoms with van der Waals surface area (Å²) in [5.41, 5.74) is 2.73. The molecule has 1 heterocycles. The van der Waals surface area contributed by atoms with Gasteiger partial charge in [0.05, 0.1) is 17.1 Å². The number of nitrogens with zero attached hydrogens (tertiary/aromatic N) is 1. The molecule has 3 aromatic carbocycles. The Morgan fingerprint density at radius 1 is 0.935 bits per heavy atom. The Hall–Kier alpha value is -3.38. The third-order valence-electron chi connectivity index (χ3n) is 4.90. The van der Waals surface area contributed by atoms with Crippen LogP contribution in [0.25, 0.3) is 0 Å². The molecule has 31 heavy (non-hydrogen) atoms. The maximum atomic E-state index is 13.3. The first-order valence-electron chi connectivity index (χ1n) is 9.97. The minimum absolute atomic E-state index is 0.244. The van der Waals surface area contributed by atoms with Crippen LogP contribution in [0.5, 0.6) is 0 Å². The van der Waals surface area contributed by atoms with Crippen molar-refractivity contribution in [2.45, 2.75) is 17.9 Å². The summed E-state index contributed by atoms with van der Waals surface area (Å²) in [6, 6.07) is 23.5. The van der Waals surface area contributed by atoms with Crippen molar-refractivity contribution in [3.05, 3.63) is 107 Å². The zero-order valence-electron chi connectivity index (χ0n) is 16.8. The van der Waals surface area contributed by atoms with E-state index in [1.807, 2.05) is 54.6 Å². The number of para-hydroxylation sites is 1. The van der Waals surface area contributed by atoms with E-state index in [-0.39, 0.29) is 17.6 Å². The lowest BCUT2D eigenvalue weighted by atomic mass is 10.1. The van der Waals surface area contributed by atoms with Gasteiger partial charge >= 0.3 is 0 Å². The van der Waals surface area contributed by atoms with Gasteiger partial charge in [0.25, 0.3) is 5.91 Å². The molecule has 1 N–H and O–H groups in total. The highest BCUT2D eigenvalue weighted by molar-refractivity contribution is 8.04. The maximum Gasteiger partial charge on any atom is 0.265 e. The molecule has 1 aliphatic rings. The van der Waals surface area contributed by atoms with Crippen LogP contribution in [0, 0.1) is 5.82 Å². The highest BCUT2D eigenvalue weighted by Gasteiger charge is 2.29. The van der Waals surface area contributed by atoms with Crippen LogP contribution in [0.1, 0.15) is 11.1 Å². The zero-order chi connectivity index (χ0) is 21.6. The standard InChI is InChI=1S/C25H21FN2O2S/c26-20-12-10-19(11-13-20)17-28-21-8-4-5-9-22(21)31-23(25(28)30)16-24(29)27-15-14-18-6-2-1-3-7-18/h1-13,16H,14-15,17H2,(H,27,29)/b23-16-. The minimum atomic E-state index is -0.322. The maximum absolute atomic E-state index is 13.3. The molecule has 2 amide bonds. The van der Waals surface area contributed by atoms with Gasteiger partial charge in [0.15, 0.2) is 0 Å². The molecule has 0 radical (unpaired) electrons. The number of anilines is 1. The van der Waals surface area contributed by atoms with E-state index in [1.54, 1.807) is 17.0 Å². The summed E-state index contributed by atoms with van der Waals surface area (Å²) in [5, 5.41) is 2.85. The molecule has 0 aliphatic carbocycles. The van der Waals surface area contributed by atoms with Gasteiger partial charge in [-0.15, -0.1) is 0 Å². The third-order valence-corrected chi connectivity index (χ3v) is 5.98. The number of halogens is 1. The van der Waals surface area contributed by atoms with E-state index >= 15 is 0 Å². The average Bonchev–Trinajstić information content (AvgIpc) is 2.78. The highest BCUT2D eigenvalue weighted by atomic mass is 32.2. The van der Waals surface area contributed by atoms with E-state index in [2.05, 4.69) is 5.32 Å². The van der Waals surface area contributed by atoms with Crippen molar-refractivity contribution in [1.29, 1.82) is 0 Å². The Labute approximate surface area is 184 Å². The summed E-state index contributed by atoms with van der Waals surface area (Å²) in [6.07, 6.45) is 2.09. The van der Waals surface area contributed by atoms with Crippen LogP contribution >= 0.6 is 11.8 Å². The summed E-state index contributed by atoms with van der Waals surface area (Å²) >= 11 is 1.29. The fourth-order valence-electron chi connectivity index (χ4n) is 3.34. The minimum Gasteiger partial charge on any atom is -0.352 e. The van der Waals surface area contributed by atoms with Crippen molar-refractivity contribution in [3.63, 3.8) is 0 Å². The molecule has 0 saturated carbocycles. The number of thioether (sulfide) groups is 1. The predicted molar refractivity (Wildman–Crippen MR) is 121 cm³/mol. The van der Waals surface area contributed by atoms with Gasteiger partial charge in [-0.25, -0.2) is 4.39 Å². The molecule has 0 bridgehead atoms. The number of carbonyl (C=O) groups is 2. The van der Waals surface area contributed by atoms with Gasteiger partial charge in [0, 0.05) is 17.5 Å². The van der Waals surface area contributed by atoms with E-state index in [0.717, 1.165) is 28.1 Å². The Balaban J connectivity index is 1.49. The second kappa shape index (κ2) is 9.62. The van der Waals surface area contributed by atoms with Crippen LogP contribution in [0.3, 0.4) is 0 Å². The van der Waals surface area contributed by atoms with Crippen molar-refractivity contribution in [3.8, 4) is 0 Å². The highest BCUT2D eigenvalue weighted by Crippen LogP contribution is 2.41. The monoisotopic (exact) mass is 432 g/mol. The van der Waals surface area contributed by atoms with E-state index in [1.165, 1.54) is 30.0 Å². The Morgan fingerprint density at radius 3 is 2.42 bits per heavy atom. The summed E-state index contributed by atoms with van der Waals surface area (Å²) < 4.78 is 13.3. The van der Waals surface area contributed by atoms with Gasteiger partial charge in [-0.1, -0.05) is 66.4 Å². The van der Waals surface area contributed by atoms with Crippen molar-refractivity contribution >= 4 is 29.3 Å². The molecular formula is C25H21FN2O2S. The quantitative estimate of drug-likeness (QED) is 0.574. The number of benzene rings is 3. The first kappa shape index (κ1) is 20.9. The Morgan fingerprint density at radius 2 is 1.65 bits per heavy atom. The number of hydrogen-bond donors (Lipinski definition) is 1. The first-order valence-corrected chi connectivity index (χ1v) is 10.8. The normalized spacial score (nSPS) is 14.4. The van der Waals surface area contributed by atoms with Crippen LogP contribution in [-0.4, -0.2) is 18.4 Å². The topological polar surface area (TPSA) is 49.4 Å². The first-order chi connectivity index (χ1) is 15.1.